The number of amides is 1. The van der Waals surface area contributed by atoms with Crippen LogP contribution in [-0.4, -0.2) is 46.7 Å². The Morgan fingerprint density at radius 3 is 2.91 bits per heavy atom. The van der Waals surface area contributed by atoms with Gasteiger partial charge in [0.05, 0.1) is 10.2 Å². The largest absolute Gasteiger partial charge is 0.349 e. The van der Waals surface area contributed by atoms with Crippen LogP contribution in [-0.2, 0) is 0 Å². The molecule has 6 heteroatoms. The van der Waals surface area contributed by atoms with Crippen molar-refractivity contribution in [1.29, 1.82) is 0 Å². The number of rotatable bonds is 7. The van der Waals surface area contributed by atoms with Gasteiger partial charge < -0.3 is 5.32 Å². The van der Waals surface area contributed by atoms with Crippen molar-refractivity contribution in [2.24, 2.45) is 0 Å². The van der Waals surface area contributed by atoms with Gasteiger partial charge in [-0.3, -0.25) is 14.8 Å². The van der Waals surface area contributed by atoms with Gasteiger partial charge in [0, 0.05) is 12.6 Å². The van der Waals surface area contributed by atoms with E-state index in [9.17, 15) is 4.79 Å². The Bertz CT molecular complexity index is 515. The molecular formula is C17H29BrN4O. The molecule has 2 rings (SSSR count). The minimum Gasteiger partial charge on any atom is -0.349 e. The highest BCUT2D eigenvalue weighted by atomic mass is 79.9. The quantitative estimate of drug-likeness (QED) is 0.753. The summed E-state index contributed by atoms with van der Waals surface area (Å²) < 4.78 is 0.788. The van der Waals surface area contributed by atoms with Gasteiger partial charge in [0.25, 0.3) is 5.91 Å². The molecule has 1 saturated heterocycles. The summed E-state index contributed by atoms with van der Waals surface area (Å²) in [6.45, 7) is 9.38. The first-order valence-corrected chi connectivity index (χ1v) is 9.59. The number of carbonyl (C=O) groups excluding carboxylic acids is 1. The normalized spacial score (nSPS) is 19.3. The van der Waals surface area contributed by atoms with Gasteiger partial charge >= 0.3 is 0 Å². The Kier molecular flexibility index (Phi) is 7.09. The molecule has 2 N–H and O–H groups in total. The lowest BCUT2D eigenvalue weighted by Gasteiger charge is -2.35. The topological polar surface area (TPSA) is 61.0 Å². The summed E-state index contributed by atoms with van der Waals surface area (Å²) in [5.41, 5.74) is 1.43. The van der Waals surface area contributed by atoms with Crippen molar-refractivity contribution in [2.45, 2.75) is 64.8 Å². The second kappa shape index (κ2) is 8.83. The van der Waals surface area contributed by atoms with Crippen LogP contribution in [0, 0.1) is 0 Å². The molecule has 1 aromatic heterocycles. The highest BCUT2D eigenvalue weighted by Gasteiger charge is 2.24. The van der Waals surface area contributed by atoms with Gasteiger partial charge in [-0.05, 0) is 54.2 Å². The Morgan fingerprint density at radius 1 is 1.48 bits per heavy atom. The molecule has 1 aliphatic rings. The maximum atomic E-state index is 12.4. The molecule has 0 aromatic carbocycles. The first-order valence-electron chi connectivity index (χ1n) is 8.80. The van der Waals surface area contributed by atoms with Crippen LogP contribution in [0.25, 0.3) is 0 Å². The van der Waals surface area contributed by atoms with Crippen molar-refractivity contribution in [3.8, 4) is 0 Å². The molecule has 1 amide bonds. The molecule has 0 bridgehead atoms. The van der Waals surface area contributed by atoms with Crippen LogP contribution in [0.15, 0.2) is 4.47 Å². The average molecular weight is 385 g/mol. The zero-order valence-corrected chi connectivity index (χ0v) is 16.1. The predicted octanol–water partition coefficient (Wildman–Crippen LogP) is 3.68. The van der Waals surface area contributed by atoms with Crippen LogP contribution in [0.5, 0.6) is 0 Å². The number of hydrogen-bond donors (Lipinski definition) is 2. The molecule has 5 nitrogen and oxygen atoms in total. The van der Waals surface area contributed by atoms with Crippen LogP contribution < -0.4 is 5.32 Å². The fraction of sp³-hybridized carbons (Fsp3) is 0.765. The minimum atomic E-state index is -0.0963. The molecule has 0 saturated carbocycles. The van der Waals surface area contributed by atoms with Crippen LogP contribution in [0.1, 0.15) is 75.0 Å². The summed E-state index contributed by atoms with van der Waals surface area (Å²) in [5.74, 6) is 0.211. The van der Waals surface area contributed by atoms with E-state index in [2.05, 4.69) is 57.1 Å². The summed E-state index contributed by atoms with van der Waals surface area (Å²) in [6.07, 6.45) is 6.15. The lowest BCUT2D eigenvalue weighted by Crippen LogP contribution is -2.47. The fourth-order valence-corrected chi connectivity index (χ4v) is 3.93. The third-order valence-electron chi connectivity index (χ3n) is 4.57. The zero-order valence-electron chi connectivity index (χ0n) is 14.5. The third-order valence-corrected chi connectivity index (χ3v) is 5.37. The number of likely N-dealkylation sites (tertiary alicyclic amines) is 1. The summed E-state index contributed by atoms with van der Waals surface area (Å²) in [5, 5.41) is 10.2. The summed E-state index contributed by atoms with van der Waals surface area (Å²) in [7, 11) is 0. The van der Waals surface area contributed by atoms with Gasteiger partial charge in [-0.2, -0.15) is 5.10 Å². The van der Waals surface area contributed by atoms with Crippen molar-refractivity contribution < 1.29 is 4.79 Å². The van der Waals surface area contributed by atoms with E-state index in [1.807, 2.05) is 0 Å². The molecule has 1 aromatic rings. The Hall–Kier alpha value is -0.880. The molecule has 0 aliphatic carbocycles. The highest BCUT2D eigenvalue weighted by molar-refractivity contribution is 9.10. The number of nitrogens with zero attached hydrogens (tertiary/aromatic N) is 2. The third kappa shape index (κ3) is 4.80. The number of hydrogen-bond acceptors (Lipinski definition) is 3. The van der Waals surface area contributed by atoms with E-state index in [1.54, 1.807) is 0 Å². The number of H-pyrrole nitrogens is 1. The van der Waals surface area contributed by atoms with Gasteiger partial charge in [-0.1, -0.05) is 33.6 Å². The predicted molar refractivity (Wildman–Crippen MR) is 96.8 cm³/mol. The highest BCUT2D eigenvalue weighted by Crippen LogP contribution is 2.25. The SMILES string of the molecule is CCCCN1CCCCC1CNC(=O)c1n[nH]c(C(C)C)c1Br. The van der Waals surface area contributed by atoms with Crippen molar-refractivity contribution in [3.63, 3.8) is 0 Å². The monoisotopic (exact) mass is 384 g/mol. The Morgan fingerprint density at radius 2 is 2.26 bits per heavy atom. The second-order valence-corrected chi connectivity index (χ2v) is 7.50. The number of piperidine rings is 1. The molecular weight excluding hydrogens is 356 g/mol. The van der Waals surface area contributed by atoms with E-state index in [0.29, 0.717) is 24.2 Å². The van der Waals surface area contributed by atoms with Gasteiger partial charge in [-0.25, -0.2) is 0 Å². The lowest BCUT2D eigenvalue weighted by atomic mass is 10.0. The van der Waals surface area contributed by atoms with Crippen molar-refractivity contribution in [1.82, 2.24) is 20.4 Å². The van der Waals surface area contributed by atoms with Gasteiger partial charge in [-0.15, -0.1) is 0 Å². The average Bonchev–Trinajstić information content (AvgIpc) is 2.93. The number of unbranched alkanes of at least 4 members (excludes halogenated alkanes) is 1. The van der Waals surface area contributed by atoms with Gasteiger partial charge in [0.2, 0.25) is 0 Å². The van der Waals surface area contributed by atoms with E-state index in [1.165, 1.54) is 32.1 Å². The van der Waals surface area contributed by atoms with Gasteiger partial charge in [0.15, 0.2) is 5.69 Å². The number of carbonyl (C=O) groups is 1. The molecule has 1 aliphatic heterocycles. The van der Waals surface area contributed by atoms with Crippen molar-refractivity contribution in [2.75, 3.05) is 19.6 Å². The fourth-order valence-electron chi connectivity index (χ4n) is 3.12. The van der Waals surface area contributed by atoms with Crippen LogP contribution in [0.3, 0.4) is 0 Å². The van der Waals surface area contributed by atoms with E-state index in [4.69, 9.17) is 0 Å². The number of nitrogens with one attached hydrogen (secondary N) is 2. The number of aromatic nitrogens is 2. The smallest absolute Gasteiger partial charge is 0.273 e. The molecule has 23 heavy (non-hydrogen) atoms. The summed E-state index contributed by atoms with van der Waals surface area (Å²) in [4.78, 5) is 15.0. The summed E-state index contributed by atoms with van der Waals surface area (Å²) in [6, 6.07) is 0.460. The van der Waals surface area contributed by atoms with Crippen LogP contribution in [0.4, 0.5) is 0 Å². The lowest BCUT2D eigenvalue weighted by molar-refractivity contribution is 0.0907. The Balaban J connectivity index is 1.92. The van der Waals surface area contributed by atoms with E-state index < -0.39 is 0 Å². The van der Waals surface area contributed by atoms with Crippen molar-refractivity contribution in [3.05, 3.63) is 15.9 Å². The maximum Gasteiger partial charge on any atom is 0.273 e. The second-order valence-electron chi connectivity index (χ2n) is 6.70. The molecule has 130 valence electrons. The molecule has 2 heterocycles. The first kappa shape index (κ1) is 18.5. The van der Waals surface area contributed by atoms with Gasteiger partial charge in [0.1, 0.15) is 0 Å². The minimum absolute atomic E-state index is 0.0963. The number of aromatic amines is 1. The summed E-state index contributed by atoms with van der Waals surface area (Å²) >= 11 is 3.50. The van der Waals surface area contributed by atoms with E-state index in [0.717, 1.165) is 23.3 Å². The molecule has 1 fully saturated rings. The maximum absolute atomic E-state index is 12.4. The molecule has 0 spiro atoms. The van der Waals surface area contributed by atoms with Crippen molar-refractivity contribution >= 4 is 21.8 Å². The van der Waals surface area contributed by atoms with Crippen LogP contribution in [0.2, 0.25) is 0 Å². The zero-order chi connectivity index (χ0) is 16.8. The van der Waals surface area contributed by atoms with E-state index in [-0.39, 0.29) is 5.91 Å². The molecule has 1 unspecified atom stereocenters. The molecule has 1 atom stereocenters. The standard InChI is InChI=1S/C17H29BrN4O/c1-4-5-9-22-10-7-6-8-13(22)11-19-17(23)16-14(18)15(12(2)3)20-21-16/h12-13H,4-11H2,1-3H3,(H,19,23)(H,20,21). The number of halogens is 1. The first-order chi connectivity index (χ1) is 11.0. The Labute approximate surface area is 147 Å². The van der Waals surface area contributed by atoms with Crippen LogP contribution >= 0.6 is 15.9 Å². The molecule has 0 radical (unpaired) electrons. The van der Waals surface area contributed by atoms with E-state index >= 15 is 0 Å².